The van der Waals surface area contributed by atoms with Gasteiger partial charge < -0.3 is 18.8 Å². The number of methoxy groups -OCH3 is 1. The molecule has 6 heteroatoms. The Morgan fingerprint density at radius 2 is 1.61 bits per heavy atom. The first-order valence-corrected chi connectivity index (χ1v) is 13.7. The molecule has 0 spiro atoms. The summed E-state index contributed by atoms with van der Waals surface area (Å²) in [6, 6.07) is 6.62. The van der Waals surface area contributed by atoms with Crippen LogP contribution in [0, 0.1) is 12.3 Å². The van der Waals surface area contributed by atoms with Gasteiger partial charge in [-0.15, -0.1) is 12.3 Å². The first-order valence-electron chi connectivity index (χ1n) is 11.4. The predicted octanol–water partition coefficient (Wildman–Crippen LogP) is 4.86. The van der Waals surface area contributed by atoms with E-state index in [0.29, 0.717) is 23.0 Å². The molecule has 31 heavy (non-hydrogen) atoms. The molecule has 0 N–H and O–H groups in total. The highest BCUT2D eigenvalue weighted by Crippen LogP contribution is 2.42. The van der Waals surface area contributed by atoms with E-state index in [1.54, 1.807) is 7.11 Å². The Balaban J connectivity index is 2.58. The average Bonchev–Trinajstić information content (AvgIpc) is 2.88. The molecule has 1 fully saturated rings. The van der Waals surface area contributed by atoms with Gasteiger partial charge in [0.05, 0.1) is 19.3 Å². The number of terminal acetylenes is 1. The van der Waals surface area contributed by atoms with E-state index in [4.69, 9.17) is 25.2 Å². The number of benzene rings is 1. The van der Waals surface area contributed by atoms with Crippen molar-refractivity contribution in [1.29, 1.82) is 0 Å². The molecule has 2 rings (SSSR count). The first-order chi connectivity index (χ1) is 14.4. The standard InChI is InChI=1S/C25H41BO4Si/c1-12-15-25(10)24(8,9)29-26(30-25)22-14-13-21(16-23(22)28-17-27-11)31(18(2)3,19(4)5)20(6)7/h1,13-14,16,18-20H,15,17H2,2-11H3. The lowest BCUT2D eigenvalue weighted by Crippen LogP contribution is -2.56. The van der Waals surface area contributed by atoms with Gasteiger partial charge in [-0.05, 0) is 43.5 Å². The van der Waals surface area contributed by atoms with Crippen molar-refractivity contribution in [2.45, 2.75) is 96.6 Å². The Morgan fingerprint density at radius 3 is 2.10 bits per heavy atom. The Labute approximate surface area is 191 Å². The molecule has 1 aliphatic heterocycles. The van der Waals surface area contributed by atoms with Crippen molar-refractivity contribution in [3.63, 3.8) is 0 Å². The fraction of sp³-hybridized carbons (Fsp3) is 0.680. The summed E-state index contributed by atoms with van der Waals surface area (Å²) in [7, 11) is -0.741. The highest BCUT2D eigenvalue weighted by molar-refractivity contribution is 6.95. The van der Waals surface area contributed by atoms with Crippen LogP contribution >= 0.6 is 0 Å². The van der Waals surface area contributed by atoms with Crippen LogP contribution in [0.2, 0.25) is 16.6 Å². The molecule has 0 amide bonds. The minimum Gasteiger partial charge on any atom is -0.468 e. The van der Waals surface area contributed by atoms with Crippen LogP contribution in [0.5, 0.6) is 5.75 Å². The average molecular weight is 444 g/mol. The molecule has 1 atom stereocenters. The Morgan fingerprint density at radius 1 is 1.03 bits per heavy atom. The van der Waals surface area contributed by atoms with Crippen molar-refractivity contribution in [1.82, 2.24) is 0 Å². The smallest absolute Gasteiger partial charge is 0.468 e. The van der Waals surface area contributed by atoms with Crippen LogP contribution in [0.3, 0.4) is 0 Å². The molecule has 4 nitrogen and oxygen atoms in total. The van der Waals surface area contributed by atoms with Gasteiger partial charge in [-0.3, -0.25) is 0 Å². The highest BCUT2D eigenvalue weighted by atomic mass is 28.3. The summed E-state index contributed by atoms with van der Waals surface area (Å²) in [4.78, 5) is 0. The van der Waals surface area contributed by atoms with E-state index in [2.05, 4.69) is 65.7 Å². The van der Waals surface area contributed by atoms with Crippen LogP contribution in [-0.4, -0.2) is 40.3 Å². The zero-order valence-corrected chi connectivity index (χ0v) is 22.2. The third kappa shape index (κ3) is 4.61. The number of hydrogen-bond donors (Lipinski definition) is 0. The second-order valence-corrected chi connectivity index (χ2v) is 16.3. The van der Waals surface area contributed by atoms with E-state index in [9.17, 15) is 0 Å². The van der Waals surface area contributed by atoms with Crippen molar-refractivity contribution < 1.29 is 18.8 Å². The topological polar surface area (TPSA) is 36.9 Å². The van der Waals surface area contributed by atoms with Gasteiger partial charge in [-0.1, -0.05) is 58.9 Å². The fourth-order valence-corrected chi connectivity index (χ4v) is 12.4. The highest BCUT2D eigenvalue weighted by Gasteiger charge is 2.55. The van der Waals surface area contributed by atoms with Crippen molar-refractivity contribution in [3.8, 4) is 18.1 Å². The van der Waals surface area contributed by atoms with Crippen LogP contribution in [0.25, 0.3) is 0 Å². The minimum atomic E-state index is -1.84. The maximum Gasteiger partial charge on any atom is 0.498 e. The zero-order chi connectivity index (χ0) is 23.6. The van der Waals surface area contributed by atoms with Gasteiger partial charge in [0.15, 0.2) is 6.79 Å². The van der Waals surface area contributed by atoms with E-state index in [1.165, 1.54) is 5.19 Å². The molecule has 1 unspecified atom stereocenters. The van der Waals surface area contributed by atoms with Crippen molar-refractivity contribution >= 4 is 25.8 Å². The summed E-state index contributed by atoms with van der Waals surface area (Å²) in [5.41, 5.74) is 1.60. The monoisotopic (exact) mass is 444 g/mol. The lowest BCUT2D eigenvalue weighted by molar-refractivity contribution is -0.00509. The van der Waals surface area contributed by atoms with E-state index in [1.807, 2.05) is 20.8 Å². The molecule has 0 saturated carbocycles. The number of hydrogen-bond acceptors (Lipinski definition) is 4. The molecule has 0 bridgehead atoms. The minimum absolute atomic E-state index is 0.174. The van der Waals surface area contributed by atoms with E-state index in [-0.39, 0.29) is 6.79 Å². The van der Waals surface area contributed by atoms with Crippen LogP contribution < -0.4 is 15.4 Å². The van der Waals surface area contributed by atoms with Crippen LogP contribution in [0.15, 0.2) is 18.2 Å². The van der Waals surface area contributed by atoms with Gasteiger partial charge in [0, 0.05) is 19.0 Å². The Bertz CT molecular complexity index is 777. The molecule has 0 aromatic heterocycles. The van der Waals surface area contributed by atoms with E-state index in [0.717, 1.165) is 11.2 Å². The second kappa shape index (κ2) is 9.70. The SMILES string of the molecule is C#CCC1(C)OB(c2ccc([Si](C(C)C)(C(C)C)C(C)C)cc2OCOC)OC1(C)C. The van der Waals surface area contributed by atoms with Crippen LogP contribution in [0.4, 0.5) is 0 Å². The van der Waals surface area contributed by atoms with Gasteiger partial charge in [0.1, 0.15) is 5.75 Å². The molecule has 1 heterocycles. The van der Waals surface area contributed by atoms with Crippen LogP contribution in [0.1, 0.15) is 68.7 Å². The zero-order valence-electron chi connectivity index (χ0n) is 21.2. The molecule has 1 saturated heterocycles. The van der Waals surface area contributed by atoms with E-state index >= 15 is 0 Å². The molecule has 1 aliphatic rings. The third-order valence-electron chi connectivity index (χ3n) is 7.45. The summed E-state index contributed by atoms with van der Waals surface area (Å²) < 4.78 is 24.1. The fourth-order valence-electron chi connectivity index (χ4n) is 5.62. The summed E-state index contributed by atoms with van der Waals surface area (Å²) in [5.74, 6) is 3.51. The quantitative estimate of drug-likeness (QED) is 0.310. The maximum absolute atomic E-state index is 6.40. The Kier molecular flexibility index (Phi) is 8.14. The first kappa shape index (κ1) is 26.0. The lowest BCUT2D eigenvalue weighted by Gasteiger charge is -2.44. The molecule has 0 radical (unpaired) electrons. The predicted molar refractivity (Wildman–Crippen MR) is 133 cm³/mol. The van der Waals surface area contributed by atoms with E-state index < -0.39 is 26.4 Å². The summed E-state index contributed by atoms with van der Waals surface area (Å²) in [5, 5.41) is 1.41. The summed E-state index contributed by atoms with van der Waals surface area (Å²) >= 11 is 0. The number of rotatable bonds is 9. The van der Waals surface area contributed by atoms with Crippen molar-refractivity contribution in [2.24, 2.45) is 0 Å². The van der Waals surface area contributed by atoms with Crippen molar-refractivity contribution in [3.05, 3.63) is 18.2 Å². The van der Waals surface area contributed by atoms with Crippen LogP contribution in [-0.2, 0) is 14.0 Å². The normalized spacial score (nSPS) is 21.2. The molecular weight excluding hydrogens is 403 g/mol. The molecular formula is C25H41BO4Si. The third-order valence-corrected chi connectivity index (χ3v) is 14.5. The van der Waals surface area contributed by atoms with Gasteiger partial charge in [0.2, 0.25) is 0 Å². The van der Waals surface area contributed by atoms with Gasteiger partial charge in [-0.2, -0.15) is 0 Å². The summed E-state index contributed by atoms with van der Waals surface area (Å²) in [6.45, 7) is 20.5. The second-order valence-electron chi connectivity index (χ2n) is 10.4. The molecule has 1 aromatic rings. The van der Waals surface area contributed by atoms with Gasteiger partial charge >= 0.3 is 7.12 Å². The number of ether oxygens (including phenoxy) is 2. The molecule has 0 aliphatic carbocycles. The molecule has 172 valence electrons. The Hall–Kier alpha value is -1.26. The largest absolute Gasteiger partial charge is 0.498 e. The summed E-state index contributed by atoms with van der Waals surface area (Å²) in [6.07, 6.45) is 6.10. The van der Waals surface area contributed by atoms with Crippen molar-refractivity contribution in [2.75, 3.05) is 13.9 Å². The van der Waals surface area contributed by atoms with Gasteiger partial charge in [0.25, 0.3) is 0 Å². The van der Waals surface area contributed by atoms with Gasteiger partial charge in [-0.25, -0.2) is 0 Å². The molecule has 1 aromatic carbocycles. The maximum atomic E-state index is 6.40. The lowest BCUT2D eigenvalue weighted by atomic mass is 9.78.